The number of halogens is 2. The molecule has 0 aliphatic rings. The highest BCUT2D eigenvalue weighted by molar-refractivity contribution is 6.35. The van der Waals surface area contributed by atoms with E-state index in [1.165, 1.54) is 0 Å². The van der Waals surface area contributed by atoms with Gasteiger partial charge in [-0.3, -0.25) is 0 Å². The normalized spacial score (nSPS) is 13.1. The molecule has 0 saturated carbocycles. The van der Waals surface area contributed by atoms with Gasteiger partial charge < -0.3 is 5.32 Å². The zero-order chi connectivity index (χ0) is 12.1. The number of hydrogen-bond donors (Lipinski definition) is 1. The Morgan fingerprint density at radius 1 is 1.19 bits per heavy atom. The van der Waals surface area contributed by atoms with Crippen molar-refractivity contribution >= 4 is 23.2 Å². The van der Waals surface area contributed by atoms with Gasteiger partial charge in [-0.15, -0.1) is 0 Å². The molecule has 3 heteroatoms. The lowest BCUT2D eigenvalue weighted by Crippen LogP contribution is -2.24. The van der Waals surface area contributed by atoms with Gasteiger partial charge in [0.2, 0.25) is 0 Å². The van der Waals surface area contributed by atoms with E-state index in [1.807, 2.05) is 25.2 Å². The minimum absolute atomic E-state index is 0.305. The van der Waals surface area contributed by atoms with Crippen LogP contribution in [0.15, 0.2) is 18.2 Å². The predicted octanol–water partition coefficient (Wildman–Crippen LogP) is 4.69. The van der Waals surface area contributed by atoms with Crippen LogP contribution < -0.4 is 5.32 Å². The van der Waals surface area contributed by atoms with E-state index < -0.39 is 0 Å². The maximum Gasteiger partial charge on any atom is 0.0468 e. The van der Waals surface area contributed by atoms with Crippen molar-refractivity contribution in [3.05, 3.63) is 33.8 Å². The average Bonchev–Trinajstić information content (AvgIpc) is 2.27. The second kappa shape index (κ2) is 6.48. The second-order valence-electron chi connectivity index (χ2n) is 4.01. The van der Waals surface area contributed by atoms with Crippen LogP contribution in [0.5, 0.6) is 0 Å². The molecule has 0 spiro atoms. The molecular formula is C13H19Cl2N. The highest BCUT2D eigenvalue weighted by Crippen LogP contribution is 2.33. The highest BCUT2D eigenvalue weighted by Gasteiger charge is 2.20. The summed E-state index contributed by atoms with van der Waals surface area (Å²) < 4.78 is 0. The Morgan fingerprint density at radius 2 is 1.81 bits per heavy atom. The van der Waals surface area contributed by atoms with Crippen molar-refractivity contribution in [1.29, 1.82) is 0 Å². The lowest BCUT2D eigenvalue weighted by Gasteiger charge is -2.26. The smallest absolute Gasteiger partial charge is 0.0468 e. The fourth-order valence-corrected chi connectivity index (χ4v) is 2.68. The molecule has 1 atom stereocenters. The first kappa shape index (κ1) is 13.8. The van der Waals surface area contributed by atoms with E-state index in [0.29, 0.717) is 17.0 Å². The Hall–Kier alpha value is -0.240. The van der Waals surface area contributed by atoms with Crippen LogP contribution in [0.2, 0.25) is 10.0 Å². The molecule has 0 radical (unpaired) electrons. The Balaban J connectivity index is 3.03. The molecule has 1 N–H and O–H groups in total. The van der Waals surface area contributed by atoms with Crippen LogP contribution >= 0.6 is 23.2 Å². The van der Waals surface area contributed by atoms with Crippen molar-refractivity contribution in [3.8, 4) is 0 Å². The molecule has 0 bridgehead atoms. The molecule has 1 aromatic rings. The van der Waals surface area contributed by atoms with Gasteiger partial charge in [0, 0.05) is 16.1 Å². The lowest BCUT2D eigenvalue weighted by molar-refractivity contribution is 0.360. The van der Waals surface area contributed by atoms with E-state index in [-0.39, 0.29) is 0 Å². The first-order valence-electron chi connectivity index (χ1n) is 5.76. The molecule has 0 heterocycles. The fourth-order valence-electron chi connectivity index (χ4n) is 2.16. The fraction of sp³-hybridized carbons (Fsp3) is 0.538. The average molecular weight is 260 g/mol. The summed E-state index contributed by atoms with van der Waals surface area (Å²) in [6.07, 6.45) is 2.28. The molecule has 1 nitrogen and oxygen atoms in total. The molecule has 0 amide bonds. The van der Waals surface area contributed by atoms with Crippen LogP contribution in [0.25, 0.3) is 0 Å². The number of benzene rings is 1. The first-order valence-corrected chi connectivity index (χ1v) is 6.51. The quantitative estimate of drug-likeness (QED) is 0.809. The van der Waals surface area contributed by atoms with Crippen LogP contribution in [-0.2, 0) is 0 Å². The monoisotopic (exact) mass is 259 g/mol. The van der Waals surface area contributed by atoms with Crippen LogP contribution in [-0.4, -0.2) is 7.05 Å². The predicted molar refractivity (Wildman–Crippen MR) is 72.3 cm³/mol. The summed E-state index contributed by atoms with van der Waals surface area (Å²) in [5.74, 6) is 0.601. The van der Waals surface area contributed by atoms with E-state index >= 15 is 0 Å². The van der Waals surface area contributed by atoms with Gasteiger partial charge in [0.05, 0.1) is 0 Å². The molecule has 0 fully saturated rings. The zero-order valence-corrected chi connectivity index (χ0v) is 11.6. The van der Waals surface area contributed by atoms with E-state index in [1.54, 1.807) is 0 Å². The Bertz CT molecular complexity index is 335. The number of hydrogen-bond acceptors (Lipinski definition) is 1. The van der Waals surface area contributed by atoms with Gasteiger partial charge in [0.1, 0.15) is 0 Å². The van der Waals surface area contributed by atoms with Crippen molar-refractivity contribution in [3.63, 3.8) is 0 Å². The highest BCUT2D eigenvalue weighted by atomic mass is 35.5. The van der Waals surface area contributed by atoms with Crippen molar-refractivity contribution in [1.82, 2.24) is 5.32 Å². The van der Waals surface area contributed by atoms with Crippen LogP contribution in [0.3, 0.4) is 0 Å². The third-order valence-corrected chi connectivity index (χ3v) is 3.69. The van der Waals surface area contributed by atoms with Gasteiger partial charge in [-0.1, -0.05) is 56.0 Å². The first-order chi connectivity index (χ1) is 7.63. The van der Waals surface area contributed by atoms with Crippen LogP contribution in [0.1, 0.15) is 38.3 Å². The molecule has 1 aromatic carbocycles. The molecular weight excluding hydrogens is 241 g/mol. The molecule has 1 rings (SSSR count). The summed E-state index contributed by atoms with van der Waals surface area (Å²) in [7, 11) is 1.98. The van der Waals surface area contributed by atoms with Gasteiger partial charge in [0.15, 0.2) is 0 Å². The van der Waals surface area contributed by atoms with Crippen molar-refractivity contribution in [2.24, 2.45) is 5.92 Å². The summed E-state index contributed by atoms with van der Waals surface area (Å²) in [6, 6.07) is 6.03. The summed E-state index contributed by atoms with van der Waals surface area (Å²) in [5, 5.41) is 4.79. The summed E-state index contributed by atoms with van der Waals surface area (Å²) in [5.41, 5.74) is 1.14. The summed E-state index contributed by atoms with van der Waals surface area (Å²) in [6.45, 7) is 4.42. The molecule has 1 unspecified atom stereocenters. The Morgan fingerprint density at radius 3 is 2.25 bits per heavy atom. The van der Waals surface area contributed by atoms with Crippen LogP contribution in [0.4, 0.5) is 0 Å². The lowest BCUT2D eigenvalue weighted by atomic mass is 9.89. The topological polar surface area (TPSA) is 12.0 Å². The molecule has 0 saturated heterocycles. The minimum Gasteiger partial charge on any atom is -0.313 e. The van der Waals surface area contributed by atoms with Gasteiger partial charge in [-0.25, -0.2) is 0 Å². The maximum atomic E-state index is 6.24. The minimum atomic E-state index is 0.305. The standard InChI is InChI=1S/C13H19Cl2N/c1-4-9(5-2)13(16-3)11-7-6-10(14)8-12(11)15/h6-9,13,16H,4-5H2,1-3H3. The molecule has 0 aromatic heterocycles. The van der Waals surface area contributed by atoms with Crippen LogP contribution in [0, 0.1) is 5.92 Å². The largest absolute Gasteiger partial charge is 0.313 e. The SMILES string of the molecule is CCC(CC)C(NC)c1ccc(Cl)cc1Cl. The van der Waals surface area contributed by atoms with Gasteiger partial charge in [-0.05, 0) is 30.7 Å². The van der Waals surface area contributed by atoms with Crippen molar-refractivity contribution in [2.75, 3.05) is 7.05 Å². The van der Waals surface area contributed by atoms with Gasteiger partial charge in [-0.2, -0.15) is 0 Å². The number of nitrogens with one attached hydrogen (secondary N) is 1. The molecule has 0 aliphatic heterocycles. The summed E-state index contributed by atoms with van der Waals surface area (Å²) >= 11 is 12.1. The zero-order valence-electron chi connectivity index (χ0n) is 10.1. The van der Waals surface area contributed by atoms with E-state index in [2.05, 4.69) is 19.2 Å². The third-order valence-electron chi connectivity index (χ3n) is 3.13. The Labute approximate surface area is 108 Å². The third kappa shape index (κ3) is 3.13. The van der Waals surface area contributed by atoms with Gasteiger partial charge in [0.25, 0.3) is 0 Å². The van der Waals surface area contributed by atoms with Crippen molar-refractivity contribution in [2.45, 2.75) is 32.7 Å². The van der Waals surface area contributed by atoms with E-state index in [0.717, 1.165) is 23.4 Å². The number of rotatable bonds is 5. The maximum absolute atomic E-state index is 6.24. The van der Waals surface area contributed by atoms with E-state index in [9.17, 15) is 0 Å². The van der Waals surface area contributed by atoms with E-state index in [4.69, 9.17) is 23.2 Å². The molecule has 0 aliphatic carbocycles. The second-order valence-corrected chi connectivity index (χ2v) is 4.85. The molecule has 90 valence electrons. The summed E-state index contributed by atoms with van der Waals surface area (Å²) in [4.78, 5) is 0. The van der Waals surface area contributed by atoms with Crippen molar-refractivity contribution < 1.29 is 0 Å². The van der Waals surface area contributed by atoms with Gasteiger partial charge >= 0.3 is 0 Å². The Kier molecular flexibility index (Phi) is 5.60. The molecule has 16 heavy (non-hydrogen) atoms.